The zero-order chi connectivity index (χ0) is 18.0. The number of pyridine rings is 1. The minimum Gasteiger partial charge on any atom is -0.376 e. The second-order valence-corrected chi connectivity index (χ2v) is 7.03. The minimum absolute atomic E-state index is 0.284. The van der Waals surface area contributed by atoms with Gasteiger partial charge in [-0.15, -0.1) is 0 Å². The predicted molar refractivity (Wildman–Crippen MR) is 102 cm³/mol. The lowest BCUT2D eigenvalue weighted by Gasteiger charge is -2.25. The molecule has 128 valence electrons. The third kappa shape index (κ3) is 3.60. The van der Waals surface area contributed by atoms with E-state index < -0.39 is 10.9 Å². The van der Waals surface area contributed by atoms with Crippen molar-refractivity contribution in [1.29, 1.82) is 0 Å². The molecule has 0 amide bonds. The number of aromatic nitrogens is 1. The van der Waals surface area contributed by atoms with Crippen LogP contribution in [0, 0.1) is 0 Å². The quantitative estimate of drug-likeness (QED) is 0.701. The summed E-state index contributed by atoms with van der Waals surface area (Å²) in [7, 11) is 0. The number of rotatable bonds is 5. The highest BCUT2D eigenvalue weighted by Crippen LogP contribution is 2.25. The summed E-state index contributed by atoms with van der Waals surface area (Å²) in [5.74, 6) is 0. The molecule has 5 nitrogen and oxygen atoms in total. The van der Waals surface area contributed by atoms with Crippen molar-refractivity contribution in [3.05, 3.63) is 74.8 Å². The molecular formula is C20H21N3O2. The number of nitrogens with one attached hydrogen (secondary N) is 2. The van der Waals surface area contributed by atoms with Gasteiger partial charge >= 0.3 is 0 Å². The van der Waals surface area contributed by atoms with Crippen LogP contribution in [0.3, 0.4) is 0 Å². The van der Waals surface area contributed by atoms with E-state index in [1.165, 1.54) is 0 Å². The zero-order valence-corrected chi connectivity index (χ0v) is 14.6. The van der Waals surface area contributed by atoms with Crippen LogP contribution in [0.1, 0.15) is 26.3 Å². The van der Waals surface area contributed by atoms with Crippen molar-refractivity contribution in [3.63, 3.8) is 0 Å². The van der Waals surface area contributed by atoms with Gasteiger partial charge < -0.3 is 10.6 Å². The predicted octanol–water partition coefficient (Wildman–Crippen LogP) is 3.17. The van der Waals surface area contributed by atoms with E-state index in [4.69, 9.17) is 0 Å². The Morgan fingerprint density at radius 2 is 1.56 bits per heavy atom. The lowest BCUT2D eigenvalue weighted by molar-refractivity contribution is 0.632. The topological polar surface area (TPSA) is 71.1 Å². The second-order valence-electron chi connectivity index (χ2n) is 7.03. The Kier molecular flexibility index (Phi) is 4.40. The Morgan fingerprint density at radius 3 is 2.24 bits per heavy atom. The molecule has 3 aromatic rings. The van der Waals surface area contributed by atoms with Crippen molar-refractivity contribution in [3.8, 4) is 11.1 Å². The average Bonchev–Trinajstić information content (AvgIpc) is 2.60. The van der Waals surface area contributed by atoms with Gasteiger partial charge in [-0.05, 0) is 49.6 Å². The molecule has 0 aliphatic heterocycles. The molecule has 1 heterocycles. The fourth-order valence-electron chi connectivity index (χ4n) is 2.73. The van der Waals surface area contributed by atoms with E-state index >= 15 is 0 Å². The van der Waals surface area contributed by atoms with E-state index in [-0.39, 0.29) is 5.54 Å². The van der Waals surface area contributed by atoms with Crippen LogP contribution >= 0.6 is 0 Å². The van der Waals surface area contributed by atoms with Crippen LogP contribution in [0.4, 0.5) is 11.4 Å². The van der Waals surface area contributed by atoms with E-state index in [9.17, 15) is 9.59 Å². The maximum Gasteiger partial charge on any atom is 0.253 e. The Hall–Kier alpha value is -2.95. The maximum atomic E-state index is 11.9. The highest BCUT2D eigenvalue weighted by atomic mass is 16.2. The highest BCUT2D eigenvalue weighted by Gasteiger charge is 2.24. The van der Waals surface area contributed by atoms with Gasteiger partial charge in [0.05, 0.1) is 0 Å². The summed E-state index contributed by atoms with van der Waals surface area (Å²) in [5, 5.41) is 6.24. The SMILES string of the molecule is CC(C)(C)Nc1c(NCc2ccccc2-c2ccncc2)c(=O)c1=O. The molecule has 1 aromatic heterocycles. The monoisotopic (exact) mass is 335 g/mol. The van der Waals surface area contributed by atoms with Gasteiger partial charge in [-0.1, -0.05) is 24.3 Å². The number of nitrogens with zero attached hydrogens (tertiary/aromatic N) is 1. The first kappa shape index (κ1) is 16.9. The minimum atomic E-state index is -0.465. The average molecular weight is 335 g/mol. The molecule has 5 heteroatoms. The lowest BCUT2D eigenvalue weighted by Crippen LogP contribution is -2.41. The van der Waals surface area contributed by atoms with E-state index in [1.807, 2.05) is 57.2 Å². The number of benzene rings is 1. The van der Waals surface area contributed by atoms with Crippen molar-refractivity contribution in [2.45, 2.75) is 32.9 Å². The van der Waals surface area contributed by atoms with Crippen molar-refractivity contribution in [1.82, 2.24) is 4.98 Å². The Bertz CT molecular complexity index is 949. The van der Waals surface area contributed by atoms with Gasteiger partial charge in [0, 0.05) is 24.5 Å². The molecule has 0 unspecified atom stereocenters. The van der Waals surface area contributed by atoms with Crippen LogP contribution < -0.4 is 21.5 Å². The first-order valence-electron chi connectivity index (χ1n) is 8.20. The largest absolute Gasteiger partial charge is 0.376 e. The molecule has 0 aliphatic rings. The standard InChI is InChI=1S/C20H21N3O2/c1-20(2,3)23-17-16(18(24)19(17)25)22-12-14-6-4-5-7-15(14)13-8-10-21-11-9-13/h4-11,22-23H,12H2,1-3H3. The Morgan fingerprint density at radius 1 is 0.920 bits per heavy atom. The van der Waals surface area contributed by atoms with Crippen molar-refractivity contribution in [2.24, 2.45) is 0 Å². The smallest absolute Gasteiger partial charge is 0.253 e. The van der Waals surface area contributed by atoms with Gasteiger partial charge in [-0.2, -0.15) is 0 Å². The van der Waals surface area contributed by atoms with Gasteiger partial charge in [0.2, 0.25) is 0 Å². The maximum absolute atomic E-state index is 11.9. The Balaban J connectivity index is 1.84. The molecule has 0 bridgehead atoms. The molecule has 3 rings (SSSR count). The van der Waals surface area contributed by atoms with Crippen molar-refractivity contribution >= 4 is 11.4 Å². The third-order valence-electron chi connectivity index (χ3n) is 3.87. The first-order chi connectivity index (χ1) is 11.9. The number of hydrogen-bond donors (Lipinski definition) is 2. The molecule has 0 saturated heterocycles. The van der Waals surface area contributed by atoms with Crippen LogP contribution in [-0.4, -0.2) is 10.5 Å². The molecule has 0 aliphatic carbocycles. The second kappa shape index (κ2) is 6.51. The van der Waals surface area contributed by atoms with E-state index in [0.717, 1.165) is 16.7 Å². The van der Waals surface area contributed by atoms with Crippen LogP contribution in [0.5, 0.6) is 0 Å². The molecule has 2 aromatic carbocycles. The van der Waals surface area contributed by atoms with Crippen molar-refractivity contribution < 1.29 is 0 Å². The zero-order valence-electron chi connectivity index (χ0n) is 14.6. The molecule has 25 heavy (non-hydrogen) atoms. The van der Waals surface area contributed by atoms with Crippen LogP contribution in [0.15, 0.2) is 58.4 Å². The molecule has 0 fully saturated rings. The highest BCUT2D eigenvalue weighted by molar-refractivity contribution is 5.75. The normalized spacial score (nSPS) is 11.5. The van der Waals surface area contributed by atoms with Gasteiger partial charge in [0.1, 0.15) is 11.4 Å². The number of anilines is 2. The Labute approximate surface area is 146 Å². The van der Waals surface area contributed by atoms with Crippen LogP contribution in [-0.2, 0) is 6.54 Å². The van der Waals surface area contributed by atoms with E-state index in [1.54, 1.807) is 12.4 Å². The lowest BCUT2D eigenvalue weighted by atomic mass is 10.0. The molecule has 0 radical (unpaired) electrons. The fraction of sp³-hybridized carbons (Fsp3) is 0.250. The molecule has 2 N–H and O–H groups in total. The summed E-state index contributed by atoms with van der Waals surface area (Å²) >= 11 is 0. The van der Waals surface area contributed by atoms with Gasteiger partial charge in [0.15, 0.2) is 0 Å². The van der Waals surface area contributed by atoms with Crippen LogP contribution in [0.25, 0.3) is 11.1 Å². The van der Waals surface area contributed by atoms with Gasteiger partial charge in [0.25, 0.3) is 10.9 Å². The summed E-state index contributed by atoms with van der Waals surface area (Å²) in [5.41, 5.74) is 2.71. The van der Waals surface area contributed by atoms with Gasteiger partial charge in [-0.25, -0.2) is 0 Å². The van der Waals surface area contributed by atoms with E-state index in [2.05, 4.69) is 15.6 Å². The summed E-state index contributed by atoms with van der Waals surface area (Å²) in [6.07, 6.45) is 3.50. The first-order valence-corrected chi connectivity index (χ1v) is 8.20. The number of hydrogen-bond acceptors (Lipinski definition) is 5. The molecule has 0 spiro atoms. The summed E-state index contributed by atoms with van der Waals surface area (Å²) in [6, 6.07) is 11.9. The third-order valence-corrected chi connectivity index (χ3v) is 3.87. The molecule has 0 atom stereocenters. The van der Waals surface area contributed by atoms with Crippen LogP contribution in [0.2, 0.25) is 0 Å². The summed E-state index contributed by atoms with van der Waals surface area (Å²) < 4.78 is 0. The molecular weight excluding hydrogens is 314 g/mol. The summed E-state index contributed by atoms with van der Waals surface area (Å²) in [4.78, 5) is 27.8. The molecule has 0 saturated carbocycles. The van der Waals surface area contributed by atoms with E-state index in [0.29, 0.717) is 17.9 Å². The van der Waals surface area contributed by atoms with Gasteiger partial charge in [-0.3, -0.25) is 14.6 Å². The summed E-state index contributed by atoms with van der Waals surface area (Å²) in [6.45, 7) is 6.31. The fourth-order valence-corrected chi connectivity index (χ4v) is 2.73. The van der Waals surface area contributed by atoms with Crippen molar-refractivity contribution in [2.75, 3.05) is 10.6 Å².